The molecular weight excluding hydrogens is 433 g/mol. The molecule has 3 aromatic rings. The molecule has 0 radical (unpaired) electrons. The lowest BCUT2D eigenvalue weighted by Gasteiger charge is -2.20. The average Bonchev–Trinajstić information content (AvgIpc) is 3.29. The van der Waals surface area contributed by atoms with E-state index < -0.39 is 23.7 Å². The zero-order chi connectivity index (χ0) is 24.0. The Bertz CT molecular complexity index is 1130. The highest BCUT2D eigenvalue weighted by Crippen LogP contribution is 2.31. The molecular formula is C23H24FN3O6. The first-order valence-corrected chi connectivity index (χ1v) is 10.1. The van der Waals surface area contributed by atoms with Gasteiger partial charge in [0.05, 0.1) is 19.8 Å². The van der Waals surface area contributed by atoms with E-state index >= 15 is 0 Å². The summed E-state index contributed by atoms with van der Waals surface area (Å²) < 4.78 is 34.8. The summed E-state index contributed by atoms with van der Waals surface area (Å²) in [6.45, 7) is 3.17. The van der Waals surface area contributed by atoms with Crippen LogP contribution in [0.3, 0.4) is 0 Å². The third-order valence-corrected chi connectivity index (χ3v) is 4.77. The van der Waals surface area contributed by atoms with Gasteiger partial charge in [-0.15, -0.1) is 0 Å². The third-order valence-electron chi connectivity index (χ3n) is 4.77. The molecule has 1 N–H and O–H groups in total. The maximum Gasteiger partial charge on any atom is 0.329 e. The molecule has 0 aliphatic carbocycles. The van der Waals surface area contributed by atoms with Gasteiger partial charge in [-0.05, 0) is 36.2 Å². The number of nitrogens with zero attached hydrogens (tertiary/aromatic N) is 2. The fraction of sp³-hybridized carbons (Fsp3) is 0.304. The SMILES string of the molecule is COc1ccc(-c2noc(COC(=O)[C@@H](NC(=O)c3ccccc3F)C(C)C)n2)cc1OC. The fourth-order valence-electron chi connectivity index (χ4n) is 2.99. The molecule has 0 aliphatic rings. The smallest absolute Gasteiger partial charge is 0.329 e. The van der Waals surface area contributed by atoms with Gasteiger partial charge in [-0.3, -0.25) is 4.79 Å². The first kappa shape index (κ1) is 23.7. The summed E-state index contributed by atoms with van der Waals surface area (Å²) in [6.07, 6.45) is 0. The van der Waals surface area contributed by atoms with Gasteiger partial charge < -0.3 is 24.1 Å². The van der Waals surface area contributed by atoms with E-state index in [-0.39, 0.29) is 29.8 Å². The highest BCUT2D eigenvalue weighted by molar-refractivity contribution is 5.97. The summed E-state index contributed by atoms with van der Waals surface area (Å²) in [5.41, 5.74) is 0.457. The predicted octanol–water partition coefficient (Wildman–Crippen LogP) is 3.39. The molecule has 1 heterocycles. The summed E-state index contributed by atoms with van der Waals surface area (Å²) in [7, 11) is 3.04. The van der Waals surface area contributed by atoms with Crippen LogP contribution in [0.2, 0.25) is 0 Å². The first-order valence-electron chi connectivity index (χ1n) is 10.1. The summed E-state index contributed by atoms with van der Waals surface area (Å²) >= 11 is 0. The van der Waals surface area contributed by atoms with E-state index in [0.29, 0.717) is 17.1 Å². The zero-order valence-corrected chi connectivity index (χ0v) is 18.6. The highest BCUT2D eigenvalue weighted by atomic mass is 19.1. The van der Waals surface area contributed by atoms with Crippen molar-refractivity contribution in [1.82, 2.24) is 15.5 Å². The number of carbonyl (C=O) groups is 2. The van der Waals surface area contributed by atoms with Gasteiger partial charge in [0.2, 0.25) is 5.82 Å². The predicted molar refractivity (Wildman–Crippen MR) is 115 cm³/mol. The largest absolute Gasteiger partial charge is 0.493 e. The van der Waals surface area contributed by atoms with Crippen molar-refractivity contribution in [1.29, 1.82) is 0 Å². The average molecular weight is 457 g/mol. The van der Waals surface area contributed by atoms with Crippen LogP contribution in [-0.4, -0.2) is 42.3 Å². The van der Waals surface area contributed by atoms with Gasteiger partial charge in [-0.2, -0.15) is 4.98 Å². The van der Waals surface area contributed by atoms with Gasteiger partial charge >= 0.3 is 5.97 Å². The Kier molecular flexibility index (Phi) is 7.60. The minimum absolute atomic E-state index is 0.0658. The Hall–Kier alpha value is -3.95. The number of nitrogens with one attached hydrogen (secondary N) is 1. The van der Waals surface area contributed by atoms with Crippen molar-refractivity contribution in [2.24, 2.45) is 5.92 Å². The topological polar surface area (TPSA) is 113 Å². The molecule has 33 heavy (non-hydrogen) atoms. The van der Waals surface area contributed by atoms with E-state index in [1.807, 2.05) is 0 Å². The molecule has 0 unspecified atom stereocenters. The van der Waals surface area contributed by atoms with Crippen molar-refractivity contribution >= 4 is 11.9 Å². The van der Waals surface area contributed by atoms with Gasteiger partial charge in [0.15, 0.2) is 18.1 Å². The molecule has 0 aliphatic heterocycles. The Balaban J connectivity index is 1.65. The van der Waals surface area contributed by atoms with Crippen LogP contribution >= 0.6 is 0 Å². The Morgan fingerprint density at radius 3 is 2.48 bits per heavy atom. The second kappa shape index (κ2) is 10.6. The number of hydrogen-bond acceptors (Lipinski definition) is 8. The normalized spacial score (nSPS) is 11.7. The highest BCUT2D eigenvalue weighted by Gasteiger charge is 2.27. The third kappa shape index (κ3) is 5.65. The van der Waals surface area contributed by atoms with Crippen molar-refractivity contribution in [3.63, 3.8) is 0 Å². The van der Waals surface area contributed by atoms with E-state index in [1.165, 1.54) is 38.5 Å². The summed E-state index contributed by atoms with van der Waals surface area (Å²) in [4.78, 5) is 29.2. The summed E-state index contributed by atoms with van der Waals surface area (Å²) in [6, 6.07) is 9.64. The molecule has 9 nitrogen and oxygen atoms in total. The lowest BCUT2D eigenvalue weighted by Crippen LogP contribution is -2.45. The molecule has 0 saturated carbocycles. The maximum absolute atomic E-state index is 13.9. The van der Waals surface area contributed by atoms with Crippen LogP contribution in [0.15, 0.2) is 47.0 Å². The van der Waals surface area contributed by atoms with Crippen LogP contribution in [0.25, 0.3) is 11.4 Å². The maximum atomic E-state index is 13.9. The second-order valence-electron chi connectivity index (χ2n) is 7.36. The van der Waals surface area contributed by atoms with Gasteiger partial charge in [0.25, 0.3) is 11.8 Å². The minimum Gasteiger partial charge on any atom is -0.493 e. The lowest BCUT2D eigenvalue weighted by atomic mass is 10.0. The molecule has 2 aromatic carbocycles. The Morgan fingerprint density at radius 1 is 1.09 bits per heavy atom. The van der Waals surface area contributed by atoms with Gasteiger partial charge in [0.1, 0.15) is 11.9 Å². The number of esters is 1. The number of methoxy groups -OCH3 is 2. The Labute approximate surface area is 189 Å². The van der Waals surface area contributed by atoms with Crippen LogP contribution in [0.1, 0.15) is 30.1 Å². The summed E-state index contributed by atoms with van der Waals surface area (Å²) in [5, 5.41) is 6.41. The van der Waals surface area contributed by atoms with Crippen molar-refractivity contribution in [3.05, 3.63) is 59.7 Å². The molecule has 0 fully saturated rings. The van der Waals surface area contributed by atoms with Gasteiger partial charge in [-0.1, -0.05) is 31.1 Å². The number of carbonyl (C=O) groups excluding carboxylic acids is 2. The number of hydrogen-bond donors (Lipinski definition) is 1. The molecule has 0 saturated heterocycles. The molecule has 10 heteroatoms. The van der Waals surface area contributed by atoms with Crippen LogP contribution in [0, 0.1) is 11.7 Å². The van der Waals surface area contributed by atoms with E-state index in [1.54, 1.807) is 32.0 Å². The van der Waals surface area contributed by atoms with Gasteiger partial charge in [0, 0.05) is 5.56 Å². The number of halogens is 1. The van der Waals surface area contributed by atoms with Crippen LogP contribution in [-0.2, 0) is 16.1 Å². The van der Waals surface area contributed by atoms with Crippen molar-refractivity contribution in [2.45, 2.75) is 26.5 Å². The molecule has 174 valence electrons. The molecule has 0 bridgehead atoms. The van der Waals surface area contributed by atoms with Crippen LogP contribution < -0.4 is 14.8 Å². The molecule has 1 aromatic heterocycles. The van der Waals surface area contributed by atoms with Gasteiger partial charge in [-0.25, -0.2) is 9.18 Å². The standard InChI is InChI=1S/C23H24FN3O6/c1-13(2)20(26-22(28)15-7-5-6-8-16(15)24)23(29)32-12-19-25-21(27-33-19)14-9-10-17(30-3)18(11-14)31-4/h5-11,13,20H,12H2,1-4H3,(H,26,28)/t20-/m0/s1. The number of aromatic nitrogens is 2. The Morgan fingerprint density at radius 2 is 1.82 bits per heavy atom. The molecule has 1 amide bonds. The number of rotatable bonds is 9. The van der Waals surface area contributed by atoms with Crippen molar-refractivity contribution in [2.75, 3.05) is 14.2 Å². The van der Waals surface area contributed by atoms with Crippen molar-refractivity contribution in [3.8, 4) is 22.9 Å². The number of benzene rings is 2. The lowest BCUT2D eigenvalue weighted by molar-refractivity contribution is -0.149. The van der Waals surface area contributed by atoms with Crippen LogP contribution in [0.5, 0.6) is 11.5 Å². The molecule has 0 spiro atoms. The van der Waals surface area contributed by atoms with Crippen LogP contribution in [0.4, 0.5) is 4.39 Å². The van der Waals surface area contributed by atoms with Crippen molar-refractivity contribution < 1.29 is 32.7 Å². The summed E-state index contributed by atoms with van der Waals surface area (Å²) in [5.74, 6) is -1.02. The number of ether oxygens (including phenoxy) is 3. The quantitative estimate of drug-likeness (QED) is 0.487. The monoisotopic (exact) mass is 457 g/mol. The first-order chi connectivity index (χ1) is 15.8. The minimum atomic E-state index is -0.995. The number of amides is 1. The second-order valence-corrected chi connectivity index (χ2v) is 7.36. The molecule has 3 rings (SSSR count). The van der Waals surface area contributed by atoms with E-state index in [4.69, 9.17) is 18.7 Å². The van der Waals surface area contributed by atoms with E-state index in [0.717, 1.165) is 0 Å². The van der Waals surface area contributed by atoms with E-state index in [2.05, 4.69) is 15.5 Å². The fourth-order valence-corrected chi connectivity index (χ4v) is 2.99. The van der Waals surface area contributed by atoms with E-state index in [9.17, 15) is 14.0 Å². The molecule has 1 atom stereocenters. The zero-order valence-electron chi connectivity index (χ0n) is 18.6.